The molecule has 1 aromatic carbocycles. The fourth-order valence-electron chi connectivity index (χ4n) is 4.94. The molecule has 0 unspecified atom stereocenters. The van der Waals surface area contributed by atoms with Crippen LogP contribution < -0.4 is 10.1 Å². The number of nitrogens with zero attached hydrogens (tertiary/aromatic N) is 5. The van der Waals surface area contributed by atoms with Gasteiger partial charge in [0.15, 0.2) is 5.82 Å². The number of nitrogens with one attached hydrogen (secondary N) is 1. The molecule has 0 aliphatic carbocycles. The number of carbonyl (C=O) groups excluding carboxylic acids is 2. The number of methoxy groups -OCH3 is 1. The average molecular weight is 491 g/mol. The van der Waals surface area contributed by atoms with E-state index in [0.29, 0.717) is 54.2 Å². The van der Waals surface area contributed by atoms with E-state index in [0.717, 1.165) is 29.8 Å². The molecule has 2 aliphatic rings. The quantitative estimate of drug-likeness (QED) is 0.545. The predicted octanol–water partition coefficient (Wildman–Crippen LogP) is 2.76. The standard InChI is InChI=1S/C26H30N6O4/c1-15-7-8-23-29-30-25(32(15)23)20-5-4-6-22(27-20)28-26(35)19-12-18-14-31(24(34)11-16(2)33)10-9-17(18)13-21(19)36-3/h4-6,12-13,15-16,33H,7-11,14H2,1-3H3,(H,27,28,35)/t15-,16-/m0/s1. The number of amides is 2. The topological polar surface area (TPSA) is 122 Å². The highest BCUT2D eigenvalue weighted by atomic mass is 16.5. The molecule has 2 amide bonds. The fraction of sp³-hybridized carbons (Fsp3) is 0.423. The summed E-state index contributed by atoms with van der Waals surface area (Å²) in [7, 11) is 1.53. The van der Waals surface area contributed by atoms with Gasteiger partial charge in [-0.05, 0) is 62.1 Å². The van der Waals surface area contributed by atoms with Crippen LogP contribution in [0.15, 0.2) is 30.3 Å². The van der Waals surface area contributed by atoms with Crippen LogP contribution in [0.1, 0.15) is 60.0 Å². The number of rotatable bonds is 6. The van der Waals surface area contributed by atoms with Crippen LogP contribution in [0.5, 0.6) is 5.75 Å². The lowest BCUT2D eigenvalue weighted by molar-refractivity contribution is -0.133. The van der Waals surface area contributed by atoms with Crippen LogP contribution in [0.4, 0.5) is 5.82 Å². The number of aliphatic hydroxyl groups is 1. The highest BCUT2D eigenvalue weighted by Crippen LogP contribution is 2.31. The number of aryl methyl sites for hydroxylation is 1. The number of anilines is 1. The molecule has 0 bridgehead atoms. The van der Waals surface area contributed by atoms with Gasteiger partial charge in [0.2, 0.25) is 5.91 Å². The Balaban J connectivity index is 1.38. The molecule has 2 atom stereocenters. The van der Waals surface area contributed by atoms with Gasteiger partial charge in [0, 0.05) is 25.6 Å². The Morgan fingerprint density at radius 1 is 1.22 bits per heavy atom. The smallest absolute Gasteiger partial charge is 0.260 e. The van der Waals surface area contributed by atoms with Gasteiger partial charge in [0.05, 0.1) is 25.2 Å². The monoisotopic (exact) mass is 490 g/mol. The van der Waals surface area contributed by atoms with E-state index >= 15 is 0 Å². The lowest BCUT2D eigenvalue weighted by Gasteiger charge is -2.30. The van der Waals surface area contributed by atoms with Crippen LogP contribution in [-0.4, -0.2) is 61.3 Å². The zero-order valence-corrected chi connectivity index (χ0v) is 20.7. The molecule has 5 rings (SSSR count). The van der Waals surface area contributed by atoms with Gasteiger partial charge in [-0.3, -0.25) is 9.59 Å². The van der Waals surface area contributed by atoms with Crippen LogP contribution in [0.2, 0.25) is 0 Å². The van der Waals surface area contributed by atoms with Crippen molar-refractivity contribution >= 4 is 17.6 Å². The summed E-state index contributed by atoms with van der Waals surface area (Å²) in [5.41, 5.74) is 2.94. The molecule has 10 heteroatoms. The van der Waals surface area contributed by atoms with Crippen molar-refractivity contribution in [1.29, 1.82) is 0 Å². The first-order valence-electron chi connectivity index (χ1n) is 12.2. The van der Waals surface area contributed by atoms with Gasteiger partial charge in [-0.1, -0.05) is 6.07 Å². The van der Waals surface area contributed by atoms with Gasteiger partial charge in [0.1, 0.15) is 23.1 Å². The first-order chi connectivity index (χ1) is 17.3. The third-order valence-electron chi connectivity index (χ3n) is 6.81. The van der Waals surface area contributed by atoms with Crippen molar-refractivity contribution in [2.24, 2.45) is 0 Å². The maximum absolute atomic E-state index is 13.3. The van der Waals surface area contributed by atoms with Crippen LogP contribution >= 0.6 is 0 Å². The second kappa shape index (κ2) is 9.69. The van der Waals surface area contributed by atoms with E-state index in [1.807, 2.05) is 18.2 Å². The third kappa shape index (κ3) is 4.56. The maximum Gasteiger partial charge on any atom is 0.260 e. The summed E-state index contributed by atoms with van der Waals surface area (Å²) < 4.78 is 7.63. The van der Waals surface area contributed by atoms with Gasteiger partial charge in [-0.2, -0.15) is 0 Å². The van der Waals surface area contributed by atoms with Gasteiger partial charge in [0.25, 0.3) is 5.91 Å². The second-order valence-corrected chi connectivity index (χ2v) is 9.50. The zero-order chi connectivity index (χ0) is 25.4. The molecular weight excluding hydrogens is 460 g/mol. The number of fused-ring (bicyclic) bond motifs is 2. The molecule has 0 fully saturated rings. The van der Waals surface area contributed by atoms with Crippen molar-refractivity contribution in [3.05, 3.63) is 52.8 Å². The summed E-state index contributed by atoms with van der Waals surface area (Å²) in [4.78, 5) is 32.1. The number of hydrogen-bond donors (Lipinski definition) is 2. The molecule has 4 heterocycles. The Morgan fingerprint density at radius 2 is 2.06 bits per heavy atom. The summed E-state index contributed by atoms with van der Waals surface area (Å²) >= 11 is 0. The molecule has 0 spiro atoms. The number of ether oxygens (including phenoxy) is 1. The third-order valence-corrected chi connectivity index (χ3v) is 6.81. The lowest BCUT2D eigenvalue weighted by atomic mass is 9.95. The minimum atomic E-state index is -0.693. The van der Waals surface area contributed by atoms with E-state index in [2.05, 4.69) is 32.0 Å². The van der Waals surface area contributed by atoms with Crippen molar-refractivity contribution < 1.29 is 19.4 Å². The zero-order valence-electron chi connectivity index (χ0n) is 20.7. The largest absolute Gasteiger partial charge is 0.496 e. The molecule has 36 heavy (non-hydrogen) atoms. The number of aromatic nitrogens is 4. The highest BCUT2D eigenvalue weighted by Gasteiger charge is 2.27. The summed E-state index contributed by atoms with van der Waals surface area (Å²) in [6, 6.07) is 9.36. The van der Waals surface area contributed by atoms with Gasteiger partial charge < -0.3 is 24.6 Å². The van der Waals surface area contributed by atoms with E-state index in [4.69, 9.17) is 4.74 Å². The summed E-state index contributed by atoms with van der Waals surface area (Å²) in [6.07, 6.45) is 1.96. The van der Waals surface area contributed by atoms with Crippen LogP contribution in [0, 0.1) is 0 Å². The number of hydrogen-bond acceptors (Lipinski definition) is 7. The normalized spacial score (nSPS) is 17.3. The molecule has 2 aromatic heterocycles. The first-order valence-corrected chi connectivity index (χ1v) is 12.2. The minimum Gasteiger partial charge on any atom is -0.496 e. The van der Waals surface area contributed by atoms with E-state index in [-0.39, 0.29) is 18.2 Å². The maximum atomic E-state index is 13.3. The van der Waals surface area contributed by atoms with Crippen molar-refractivity contribution in [2.45, 2.75) is 58.2 Å². The van der Waals surface area contributed by atoms with E-state index < -0.39 is 6.10 Å². The van der Waals surface area contributed by atoms with E-state index in [9.17, 15) is 14.7 Å². The van der Waals surface area contributed by atoms with Crippen molar-refractivity contribution in [3.8, 4) is 17.3 Å². The van der Waals surface area contributed by atoms with Crippen molar-refractivity contribution in [3.63, 3.8) is 0 Å². The molecular formula is C26H30N6O4. The number of benzene rings is 1. The summed E-state index contributed by atoms with van der Waals surface area (Å²) in [5.74, 6) is 2.05. The molecule has 0 saturated heterocycles. The molecule has 188 valence electrons. The molecule has 0 saturated carbocycles. The fourth-order valence-corrected chi connectivity index (χ4v) is 4.94. The summed E-state index contributed by atoms with van der Waals surface area (Å²) in [6.45, 7) is 4.68. The van der Waals surface area contributed by atoms with Gasteiger partial charge in [-0.15, -0.1) is 10.2 Å². The van der Waals surface area contributed by atoms with Gasteiger partial charge in [-0.25, -0.2) is 4.98 Å². The SMILES string of the molecule is COc1cc2c(cc1C(=O)Nc1cccc(-c3nnc4n3[C@@H](C)CC4)n1)CN(C(=O)C[C@H](C)O)CC2. The molecule has 2 N–H and O–H groups in total. The Labute approximate surface area is 209 Å². The lowest BCUT2D eigenvalue weighted by Crippen LogP contribution is -2.37. The molecule has 10 nitrogen and oxygen atoms in total. The van der Waals surface area contributed by atoms with Gasteiger partial charge >= 0.3 is 0 Å². The Hall–Kier alpha value is -3.79. The highest BCUT2D eigenvalue weighted by molar-refractivity contribution is 6.06. The Kier molecular flexibility index (Phi) is 6.44. The van der Waals surface area contributed by atoms with Crippen molar-refractivity contribution in [1.82, 2.24) is 24.6 Å². The second-order valence-electron chi connectivity index (χ2n) is 9.50. The molecule has 0 radical (unpaired) electrons. The number of aliphatic hydroxyl groups excluding tert-OH is 1. The Bertz CT molecular complexity index is 1320. The number of carbonyl (C=O) groups is 2. The number of pyridine rings is 1. The first kappa shape index (κ1) is 23.9. The van der Waals surface area contributed by atoms with E-state index in [1.165, 1.54) is 7.11 Å². The average Bonchev–Trinajstić information content (AvgIpc) is 3.45. The van der Waals surface area contributed by atoms with E-state index in [1.54, 1.807) is 24.0 Å². The molecule has 3 aromatic rings. The predicted molar refractivity (Wildman–Crippen MR) is 133 cm³/mol. The molecule has 2 aliphatic heterocycles. The van der Waals surface area contributed by atoms with Crippen molar-refractivity contribution in [2.75, 3.05) is 19.0 Å². The Morgan fingerprint density at radius 3 is 2.83 bits per heavy atom. The summed E-state index contributed by atoms with van der Waals surface area (Å²) in [5, 5.41) is 21.1. The minimum absolute atomic E-state index is 0.0782. The van der Waals surface area contributed by atoms with Crippen LogP contribution in [0.3, 0.4) is 0 Å². The van der Waals surface area contributed by atoms with Crippen LogP contribution in [0.25, 0.3) is 11.5 Å². The van der Waals surface area contributed by atoms with Crippen LogP contribution in [-0.2, 0) is 24.2 Å².